The summed E-state index contributed by atoms with van der Waals surface area (Å²) in [5.41, 5.74) is 1.01. The van der Waals surface area contributed by atoms with Crippen molar-refractivity contribution in [3.8, 4) is 11.3 Å². The van der Waals surface area contributed by atoms with Crippen LogP contribution in [0.5, 0.6) is 0 Å². The predicted molar refractivity (Wildman–Crippen MR) is 97.6 cm³/mol. The van der Waals surface area contributed by atoms with Crippen molar-refractivity contribution in [3.63, 3.8) is 0 Å². The van der Waals surface area contributed by atoms with Crippen LogP contribution in [0.3, 0.4) is 0 Å². The Balaban J connectivity index is 1.41. The molecule has 128 valence electrons. The third-order valence-electron chi connectivity index (χ3n) is 3.78. The molecule has 4 rings (SSSR count). The Morgan fingerprint density at radius 1 is 1.32 bits per heavy atom. The van der Waals surface area contributed by atoms with Gasteiger partial charge in [-0.1, -0.05) is 53.4 Å². The Hall–Kier alpha value is -2.19. The highest BCUT2D eigenvalue weighted by Crippen LogP contribution is 2.36. The molecule has 1 aliphatic rings. The Kier molecular flexibility index (Phi) is 4.54. The van der Waals surface area contributed by atoms with Crippen LogP contribution in [-0.4, -0.2) is 27.1 Å². The third-order valence-corrected chi connectivity index (χ3v) is 5.82. The molecule has 3 aromatic rings. The van der Waals surface area contributed by atoms with E-state index in [0.717, 1.165) is 28.5 Å². The first-order valence-electron chi connectivity index (χ1n) is 7.97. The largest absolute Gasteiger partial charge is 0.440 e. The van der Waals surface area contributed by atoms with Gasteiger partial charge in [-0.15, -0.1) is 10.2 Å². The summed E-state index contributed by atoms with van der Waals surface area (Å²) in [6.45, 7) is 1.57. The van der Waals surface area contributed by atoms with Crippen molar-refractivity contribution >= 4 is 34.1 Å². The SMILES string of the molecule is CC(=O)N(c1nnc(SCc2ncc(-c3ccccc3)o2)s1)C1CC1. The maximum Gasteiger partial charge on any atom is 0.225 e. The molecule has 0 saturated heterocycles. The molecule has 1 aromatic carbocycles. The first-order chi connectivity index (χ1) is 12.2. The summed E-state index contributed by atoms with van der Waals surface area (Å²) in [5, 5.41) is 9.02. The minimum absolute atomic E-state index is 0.0235. The summed E-state index contributed by atoms with van der Waals surface area (Å²) in [5.74, 6) is 2.00. The maximum absolute atomic E-state index is 11.8. The van der Waals surface area contributed by atoms with Crippen LogP contribution in [0.1, 0.15) is 25.7 Å². The van der Waals surface area contributed by atoms with Crippen molar-refractivity contribution in [1.82, 2.24) is 15.2 Å². The molecule has 1 saturated carbocycles. The molecule has 0 N–H and O–H groups in total. The van der Waals surface area contributed by atoms with Crippen LogP contribution in [0.15, 0.2) is 45.3 Å². The Labute approximate surface area is 153 Å². The zero-order chi connectivity index (χ0) is 17.2. The highest BCUT2D eigenvalue weighted by molar-refractivity contribution is 8.00. The van der Waals surface area contributed by atoms with Crippen LogP contribution in [0, 0.1) is 0 Å². The van der Waals surface area contributed by atoms with Gasteiger partial charge in [-0.3, -0.25) is 9.69 Å². The maximum atomic E-state index is 11.8. The van der Waals surface area contributed by atoms with E-state index in [-0.39, 0.29) is 5.91 Å². The molecule has 0 radical (unpaired) electrons. The second-order valence-corrected chi connectivity index (χ2v) is 7.92. The minimum atomic E-state index is 0.0235. The standard InChI is InChI=1S/C17H16N4O2S2/c1-11(22)21(13-7-8-13)16-19-20-17(25-16)24-10-15-18-9-14(23-15)12-5-3-2-4-6-12/h2-6,9,13H,7-8,10H2,1H3. The van der Waals surface area contributed by atoms with Gasteiger partial charge < -0.3 is 4.42 Å². The average molecular weight is 372 g/mol. The highest BCUT2D eigenvalue weighted by atomic mass is 32.2. The van der Waals surface area contributed by atoms with E-state index in [1.54, 1.807) is 18.0 Å². The molecule has 0 aliphatic heterocycles. The number of benzene rings is 1. The van der Waals surface area contributed by atoms with Gasteiger partial charge in [0.2, 0.25) is 16.9 Å². The van der Waals surface area contributed by atoms with Crippen LogP contribution in [0.2, 0.25) is 0 Å². The summed E-state index contributed by atoms with van der Waals surface area (Å²) < 4.78 is 6.60. The minimum Gasteiger partial charge on any atom is -0.440 e. The first kappa shape index (κ1) is 16.3. The number of oxazole rings is 1. The fraction of sp³-hybridized carbons (Fsp3) is 0.294. The number of carbonyl (C=O) groups excluding carboxylic acids is 1. The Morgan fingerprint density at radius 3 is 2.84 bits per heavy atom. The van der Waals surface area contributed by atoms with Gasteiger partial charge in [-0.2, -0.15) is 0 Å². The molecule has 0 spiro atoms. The molecule has 25 heavy (non-hydrogen) atoms. The average Bonchev–Trinajstić information content (AvgIpc) is 3.14. The number of hydrogen-bond donors (Lipinski definition) is 0. The lowest BCUT2D eigenvalue weighted by Gasteiger charge is -2.15. The van der Waals surface area contributed by atoms with E-state index in [1.807, 2.05) is 30.3 Å². The zero-order valence-corrected chi connectivity index (χ0v) is 15.2. The number of hydrogen-bond acceptors (Lipinski definition) is 7. The van der Waals surface area contributed by atoms with Crippen LogP contribution in [-0.2, 0) is 10.5 Å². The molecule has 2 aromatic heterocycles. The molecular weight excluding hydrogens is 356 g/mol. The quantitative estimate of drug-likeness (QED) is 0.481. The van der Waals surface area contributed by atoms with Crippen molar-refractivity contribution in [2.45, 2.75) is 35.9 Å². The lowest BCUT2D eigenvalue weighted by molar-refractivity contribution is -0.116. The number of anilines is 1. The predicted octanol–water partition coefficient (Wildman–Crippen LogP) is 4.00. The number of nitrogens with zero attached hydrogens (tertiary/aromatic N) is 4. The van der Waals surface area contributed by atoms with Gasteiger partial charge in [0.05, 0.1) is 11.9 Å². The van der Waals surface area contributed by atoms with Crippen LogP contribution in [0.4, 0.5) is 5.13 Å². The normalized spacial score (nSPS) is 13.8. The Bertz CT molecular complexity index is 874. The zero-order valence-electron chi connectivity index (χ0n) is 13.6. The number of carbonyl (C=O) groups is 1. The summed E-state index contributed by atoms with van der Waals surface area (Å²) in [6.07, 6.45) is 3.82. The molecular formula is C17H16N4O2S2. The second kappa shape index (κ2) is 6.97. The van der Waals surface area contributed by atoms with Gasteiger partial charge in [0.1, 0.15) is 0 Å². The molecule has 2 heterocycles. The van der Waals surface area contributed by atoms with Gasteiger partial charge in [-0.05, 0) is 12.8 Å². The number of amides is 1. The molecule has 1 aliphatic carbocycles. The molecule has 1 amide bonds. The molecule has 1 fully saturated rings. The van der Waals surface area contributed by atoms with Gasteiger partial charge in [0.25, 0.3) is 0 Å². The van der Waals surface area contributed by atoms with Crippen LogP contribution < -0.4 is 4.90 Å². The third kappa shape index (κ3) is 3.74. The van der Waals surface area contributed by atoms with Crippen LogP contribution >= 0.6 is 23.1 Å². The van der Waals surface area contributed by atoms with E-state index in [0.29, 0.717) is 22.8 Å². The Morgan fingerprint density at radius 2 is 2.12 bits per heavy atom. The van der Waals surface area contributed by atoms with Crippen molar-refractivity contribution in [1.29, 1.82) is 0 Å². The fourth-order valence-electron chi connectivity index (χ4n) is 2.48. The number of aromatic nitrogens is 3. The molecule has 0 bridgehead atoms. The molecule has 6 nitrogen and oxygen atoms in total. The summed E-state index contributed by atoms with van der Waals surface area (Å²) in [7, 11) is 0. The molecule has 0 unspecified atom stereocenters. The van der Waals surface area contributed by atoms with Crippen LogP contribution in [0.25, 0.3) is 11.3 Å². The topological polar surface area (TPSA) is 72.1 Å². The number of rotatable bonds is 6. The van der Waals surface area contributed by atoms with Crippen molar-refractivity contribution < 1.29 is 9.21 Å². The summed E-state index contributed by atoms with van der Waals surface area (Å²) in [4.78, 5) is 17.9. The molecule has 8 heteroatoms. The lowest BCUT2D eigenvalue weighted by Crippen LogP contribution is -2.30. The summed E-state index contributed by atoms with van der Waals surface area (Å²) >= 11 is 2.95. The van der Waals surface area contributed by atoms with E-state index in [2.05, 4.69) is 15.2 Å². The molecule has 0 atom stereocenters. The fourth-order valence-corrected chi connectivity index (χ4v) is 4.29. The van der Waals surface area contributed by atoms with Gasteiger partial charge in [0.15, 0.2) is 10.1 Å². The van der Waals surface area contributed by atoms with Crippen molar-refractivity contribution in [2.75, 3.05) is 4.90 Å². The smallest absolute Gasteiger partial charge is 0.225 e. The second-order valence-electron chi connectivity index (χ2n) is 5.74. The van der Waals surface area contributed by atoms with Gasteiger partial charge in [0, 0.05) is 18.5 Å². The van der Waals surface area contributed by atoms with Crippen molar-refractivity contribution in [3.05, 3.63) is 42.4 Å². The monoisotopic (exact) mass is 372 g/mol. The van der Waals surface area contributed by atoms with Crippen molar-refractivity contribution in [2.24, 2.45) is 0 Å². The van der Waals surface area contributed by atoms with E-state index in [1.165, 1.54) is 23.1 Å². The van der Waals surface area contributed by atoms with Gasteiger partial charge in [-0.25, -0.2) is 4.98 Å². The first-order valence-corrected chi connectivity index (χ1v) is 9.77. The van der Waals surface area contributed by atoms with E-state index >= 15 is 0 Å². The highest BCUT2D eigenvalue weighted by Gasteiger charge is 2.34. The van der Waals surface area contributed by atoms with E-state index in [9.17, 15) is 4.79 Å². The van der Waals surface area contributed by atoms with E-state index < -0.39 is 0 Å². The van der Waals surface area contributed by atoms with Gasteiger partial charge >= 0.3 is 0 Å². The number of thioether (sulfide) groups is 1. The lowest BCUT2D eigenvalue weighted by atomic mass is 10.2. The van der Waals surface area contributed by atoms with E-state index in [4.69, 9.17) is 4.42 Å². The summed E-state index contributed by atoms with van der Waals surface area (Å²) in [6, 6.07) is 10.2.